The molecule has 15 nitrogen and oxygen atoms in total. The van der Waals surface area contributed by atoms with Crippen LogP contribution in [0.2, 0.25) is 5.02 Å². The third kappa shape index (κ3) is 11.2. The first kappa shape index (κ1) is 45.2. The van der Waals surface area contributed by atoms with Crippen LogP contribution in [0.4, 0.5) is 34.1 Å². The average Bonchev–Trinajstić information content (AvgIpc) is 3.59. The van der Waals surface area contributed by atoms with Gasteiger partial charge in [0.05, 0.1) is 29.2 Å². The largest absolute Gasteiger partial charge is 0.464 e. The highest BCUT2D eigenvalue weighted by Crippen LogP contribution is 2.38. The molecule has 0 unspecified atom stereocenters. The summed E-state index contributed by atoms with van der Waals surface area (Å²) in [7, 11) is 0. The lowest BCUT2D eigenvalue weighted by atomic mass is 9.99. The molecule has 0 radical (unpaired) electrons. The van der Waals surface area contributed by atoms with Crippen molar-refractivity contribution < 1.29 is 46.6 Å². The number of carbonyl (C=O) groups excluding carboxylic acids is 5. The Hall–Kier alpha value is -4.81. The van der Waals surface area contributed by atoms with Gasteiger partial charge in [-0.3, -0.25) is 19.3 Å². The minimum absolute atomic E-state index is 0.0501. The summed E-state index contributed by atoms with van der Waals surface area (Å²) in [6.07, 6.45) is -2.69. The molecule has 5 aliphatic rings. The van der Waals surface area contributed by atoms with Gasteiger partial charge >= 0.3 is 24.3 Å². The number of nitrogens with two attached hydrogens (primary N) is 1. The van der Waals surface area contributed by atoms with Crippen LogP contribution in [0.25, 0.3) is 0 Å². The van der Waals surface area contributed by atoms with Crippen LogP contribution < -0.4 is 11.1 Å². The number of alkyl halides is 3. The number of rotatable bonds is 12. The van der Waals surface area contributed by atoms with E-state index in [9.17, 15) is 37.1 Å². The summed E-state index contributed by atoms with van der Waals surface area (Å²) < 4.78 is 53.1. The Morgan fingerprint density at radius 2 is 1.55 bits per heavy atom. The Kier molecular flexibility index (Phi) is 14.7. The molecule has 62 heavy (non-hydrogen) atoms. The van der Waals surface area contributed by atoms with E-state index < -0.39 is 35.5 Å². The van der Waals surface area contributed by atoms with Gasteiger partial charge in [0, 0.05) is 103 Å². The lowest BCUT2D eigenvalue weighted by Gasteiger charge is -2.43. The van der Waals surface area contributed by atoms with E-state index in [1.165, 1.54) is 11.0 Å². The summed E-state index contributed by atoms with van der Waals surface area (Å²) in [6.45, 7) is 6.83. The monoisotopic (exact) mass is 888 g/mol. The lowest BCUT2D eigenvalue weighted by molar-refractivity contribution is -0.146. The van der Waals surface area contributed by atoms with E-state index in [0.29, 0.717) is 77.8 Å². The van der Waals surface area contributed by atoms with E-state index >= 15 is 0 Å². The van der Waals surface area contributed by atoms with Crippen LogP contribution in [0.3, 0.4) is 0 Å². The molecule has 19 heteroatoms. The third-order valence-corrected chi connectivity index (χ3v) is 13.2. The van der Waals surface area contributed by atoms with Gasteiger partial charge in [-0.15, -0.1) is 0 Å². The fourth-order valence-electron chi connectivity index (χ4n) is 9.25. The Morgan fingerprint density at radius 1 is 0.855 bits per heavy atom. The average molecular weight is 889 g/mol. The molecule has 5 heterocycles. The fourth-order valence-corrected chi connectivity index (χ4v) is 9.50. The molecular weight excluding hydrogens is 833 g/mol. The molecule has 2 aromatic rings. The molecule has 0 saturated carbocycles. The Bertz CT molecular complexity index is 1950. The van der Waals surface area contributed by atoms with Crippen LogP contribution in [-0.2, 0) is 42.9 Å². The van der Waals surface area contributed by atoms with Crippen molar-refractivity contribution in [3.8, 4) is 0 Å². The number of nitrogens with one attached hydrogen (secondary N) is 1. The standard InChI is InChI=1S/C43H56ClF3N8O7/c44-34-27-29(26-33(39(34)48)43(45,46)47)28-36(62-42(60)54-17-10-32(11-18-54)55-19-7-30-4-1-2-5-35(30)49-41(55)59)40(58)53-15-8-31(9-16-53)51-22-20-50(21-23-51)14-12-38(57)61-25-24-52-13-3-6-37(52)56/h1-2,4-5,26-27,31-32,36H,3,6-25,28,48H2,(H,49,59)/t36-/m1/s1. The van der Waals surface area contributed by atoms with Crippen molar-refractivity contribution in [3.63, 3.8) is 0 Å². The summed E-state index contributed by atoms with van der Waals surface area (Å²) in [5.41, 5.74) is 5.81. The first-order valence-electron chi connectivity index (χ1n) is 21.7. The van der Waals surface area contributed by atoms with Crippen molar-refractivity contribution in [2.75, 3.05) is 96.2 Å². The Labute approximate surface area is 364 Å². The zero-order chi connectivity index (χ0) is 44.0. The van der Waals surface area contributed by atoms with Crippen molar-refractivity contribution in [2.24, 2.45) is 0 Å². The number of esters is 1. The number of halogens is 4. The van der Waals surface area contributed by atoms with Gasteiger partial charge in [0.25, 0.3) is 5.91 Å². The normalized spacial score (nSPS) is 20.5. The van der Waals surface area contributed by atoms with Gasteiger partial charge in [0.1, 0.15) is 6.61 Å². The molecule has 7 rings (SSSR count). The highest BCUT2D eigenvalue weighted by atomic mass is 35.5. The lowest BCUT2D eigenvalue weighted by Crippen LogP contribution is -2.55. The number of benzene rings is 2. The van der Waals surface area contributed by atoms with E-state index in [0.717, 1.165) is 49.9 Å². The van der Waals surface area contributed by atoms with Crippen LogP contribution >= 0.6 is 11.6 Å². The molecule has 0 spiro atoms. The number of piperidine rings is 2. The minimum atomic E-state index is -4.80. The van der Waals surface area contributed by atoms with E-state index in [1.807, 2.05) is 24.3 Å². The quantitative estimate of drug-likeness (QED) is 0.226. The maximum atomic E-state index is 14.2. The molecule has 5 aliphatic heterocycles. The van der Waals surface area contributed by atoms with Gasteiger partial charge < -0.3 is 45.0 Å². The zero-order valence-electron chi connectivity index (χ0n) is 34.9. The number of ether oxygens (including phenoxy) is 2. The van der Waals surface area contributed by atoms with Gasteiger partial charge in [0.15, 0.2) is 6.10 Å². The highest BCUT2D eigenvalue weighted by Gasteiger charge is 2.39. The van der Waals surface area contributed by atoms with Crippen molar-refractivity contribution in [2.45, 2.75) is 82.2 Å². The number of urea groups is 1. The number of nitrogens with zero attached hydrogens (tertiary/aromatic N) is 6. The topological polar surface area (TPSA) is 161 Å². The van der Waals surface area contributed by atoms with Crippen LogP contribution in [0.5, 0.6) is 0 Å². The number of nitrogen functional groups attached to an aromatic ring is 1. The molecule has 4 fully saturated rings. The second-order valence-corrected chi connectivity index (χ2v) is 17.2. The predicted molar refractivity (Wildman–Crippen MR) is 224 cm³/mol. The molecule has 2 aromatic carbocycles. The number of piperazine rings is 1. The van der Waals surface area contributed by atoms with Gasteiger partial charge in [-0.05, 0) is 67.9 Å². The molecule has 338 valence electrons. The van der Waals surface area contributed by atoms with Crippen LogP contribution in [0.15, 0.2) is 36.4 Å². The van der Waals surface area contributed by atoms with E-state index in [2.05, 4.69) is 15.1 Å². The summed E-state index contributed by atoms with van der Waals surface area (Å²) in [5, 5.41) is 2.67. The first-order chi connectivity index (χ1) is 29.7. The molecule has 3 N–H and O–H groups in total. The number of para-hydroxylation sites is 1. The number of likely N-dealkylation sites (tertiary alicyclic amines) is 3. The molecular formula is C43H56ClF3N8O7. The second-order valence-electron chi connectivity index (χ2n) is 16.8. The van der Waals surface area contributed by atoms with Crippen molar-refractivity contribution in [3.05, 3.63) is 58.1 Å². The number of carbonyl (C=O) groups is 5. The SMILES string of the molecule is Nc1c(Cl)cc(C[C@@H](OC(=O)N2CCC(N3CCc4ccccc4NC3=O)CC2)C(=O)N2CCC(N3CCN(CCC(=O)OCCN4CCCC4=O)CC3)CC2)cc1C(F)(F)F. The van der Waals surface area contributed by atoms with Crippen LogP contribution in [0.1, 0.15) is 61.6 Å². The third-order valence-electron chi connectivity index (χ3n) is 12.9. The molecule has 5 amide bonds. The number of fused-ring (bicyclic) bond motifs is 1. The van der Waals surface area contributed by atoms with Gasteiger partial charge in [0.2, 0.25) is 5.91 Å². The highest BCUT2D eigenvalue weighted by molar-refractivity contribution is 6.33. The van der Waals surface area contributed by atoms with E-state index in [-0.39, 0.29) is 73.1 Å². The van der Waals surface area contributed by atoms with Gasteiger partial charge in [-0.25, -0.2) is 9.59 Å². The minimum Gasteiger partial charge on any atom is -0.464 e. The molecule has 0 bridgehead atoms. The number of hydrogen-bond acceptors (Lipinski definition) is 10. The van der Waals surface area contributed by atoms with Crippen molar-refractivity contribution in [1.29, 1.82) is 0 Å². The number of hydrogen-bond donors (Lipinski definition) is 2. The summed E-state index contributed by atoms with van der Waals surface area (Å²) in [6, 6.07) is 9.65. The Balaban J connectivity index is 0.914. The predicted octanol–water partition coefficient (Wildman–Crippen LogP) is 4.71. The molecule has 0 aromatic heterocycles. The van der Waals surface area contributed by atoms with Crippen LogP contribution in [0, 0.1) is 0 Å². The Morgan fingerprint density at radius 3 is 2.24 bits per heavy atom. The second kappa shape index (κ2) is 20.1. The molecule has 1 atom stereocenters. The first-order valence-corrected chi connectivity index (χ1v) is 22.1. The number of amides is 5. The molecule has 4 saturated heterocycles. The molecule has 0 aliphatic carbocycles. The maximum absolute atomic E-state index is 14.2. The smallest absolute Gasteiger partial charge is 0.418 e. The summed E-state index contributed by atoms with van der Waals surface area (Å²) in [4.78, 5) is 76.4. The number of anilines is 2. The maximum Gasteiger partial charge on any atom is 0.418 e. The van der Waals surface area contributed by atoms with Crippen molar-refractivity contribution >= 4 is 52.9 Å². The van der Waals surface area contributed by atoms with Crippen molar-refractivity contribution in [1.82, 2.24) is 29.4 Å². The fraction of sp³-hybridized carbons (Fsp3) is 0.605. The summed E-state index contributed by atoms with van der Waals surface area (Å²) >= 11 is 6.15. The van der Waals surface area contributed by atoms with E-state index in [4.69, 9.17) is 26.8 Å². The van der Waals surface area contributed by atoms with Gasteiger partial charge in [-0.1, -0.05) is 29.8 Å². The van der Waals surface area contributed by atoms with Gasteiger partial charge in [-0.2, -0.15) is 13.2 Å². The summed E-state index contributed by atoms with van der Waals surface area (Å²) in [5.74, 6) is -0.682. The van der Waals surface area contributed by atoms with E-state index in [1.54, 1.807) is 14.7 Å². The van der Waals surface area contributed by atoms with Crippen LogP contribution in [-0.4, -0.2) is 163 Å². The zero-order valence-corrected chi connectivity index (χ0v) is 35.6.